The molecule has 0 N–H and O–H groups in total. The first-order chi connectivity index (χ1) is 9.78. The van der Waals surface area contributed by atoms with Crippen LogP contribution in [-0.4, -0.2) is 11.4 Å². The predicted octanol–water partition coefficient (Wildman–Crippen LogP) is 3.45. The van der Waals surface area contributed by atoms with Gasteiger partial charge in [0.15, 0.2) is 0 Å². The van der Waals surface area contributed by atoms with Crippen molar-refractivity contribution in [2.24, 2.45) is 0 Å². The van der Waals surface area contributed by atoms with Crippen molar-refractivity contribution >= 4 is 0 Å². The van der Waals surface area contributed by atoms with Gasteiger partial charge in [-0.05, 0) is 35.2 Å². The molecule has 2 aromatic carbocycles. The first kappa shape index (κ1) is 12.8. The van der Waals surface area contributed by atoms with Crippen molar-refractivity contribution in [2.75, 3.05) is 6.54 Å². The number of fused-ring (bicyclic) bond motifs is 1. The molecule has 0 saturated carbocycles. The van der Waals surface area contributed by atoms with Crippen LogP contribution in [0, 0.1) is 17.1 Å². The summed E-state index contributed by atoms with van der Waals surface area (Å²) in [6, 6.07) is 16.6. The van der Waals surface area contributed by atoms with Crippen LogP contribution in [0.5, 0.6) is 0 Å². The zero-order valence-electron chi connectivity index (χ0n) is 11.1. The molecule has 0 fully saturated rings. The molecule has 0 aliphatic carbocycles. The fourth-order valence-electron chi connectivity index (χ4n) is 2.75. The Morgan fingerprint density at radius 2 is 1.75 bits per heavy atom. The van der Waals surface area contributed by atoms with Crippen LogP contribution in [-0.2, 0) is 13.0 Å². The highest BCUT2D eigenvalue weighted by atomic mass is 19.1. The molecule has 0 aromatic heterocycles. The lowest BCUT2D eigenvalue weighted by Crippen LogP contribution is -2.33. The molecule has 1 atom stereocenters. The zero-order chi connectivity index (χ0) is 13.9. The summed E-state index contributed by atoms with van der Waals surface area (Å²) in [4.78, 5) is 2.15. The largest absolute Gasteiger partial charge is 0.280 e. The monoisotopic (exact) mass is 266 g/mol. The number of nitriles is 1. The number of benzene rings is 2. The minimum atomic E-state index is -0.316. The normalized spacial score (nSPS) is 16.2. The summed E-state index contributed by atoms with van der Waals surface area (Å²) < 4.78 is 13.0. The minimum absolute atomic E-state index is 0.269. The summed E-state index contributed by atoms with van der Waals surface area (Å²) in [5, 5.41) is 9.46. The molecule has 1 unspecified atom stereocenters. The summed E-state index contributed by atoms with van der Waals surface area (Å²) in [7, 11) is 0. The van der Waals surface area contributed by atoms with E-state index in [2.05, 4.69) is 29.2 Å². The Morgan fingerprint density at radius 3 is 2.45 bits per heavy atom. The van der Waals surface area contributed by atoms with Gasteiger partial charge in [-0.3, -0.25) is 4.90 Å². The minimum Gasteiger partial charge on any atom is -0.280 e. The van der Waals surface area contributed by atoms with E-state index in [4.69, 9.17) is 0 Å². The molecule has 2 nitrogen and oxygen atoms in total. The number of hydrogen-bond acceptors (Lipinski definition) is 2. The molecule has 100 valence electrons. The highest BCUT2D eigenvalue weighted by molar-refractivity contribution is 5.31. The lowest BCUT2D eigenvalue weighted by Gasteiger charge is -2.32. The lowest BCUT2D eigenvalue weighted by molar-refractivity contribution is 0.216. The molecule has 3 heteroatoms. The van der Waals surface area contributed by atoms with E-state index in [1.165, 1.54) is 23.3 Å². The quantitative estimate of drug-likeness (QED) is 0.832. The molecule has 2 aromatic rings. The number of halogens is 1. The third-order valence-corrected chi connectivity index (χ3v) is 3.83. The van der Waals surface area contributed by atoms with Gasteiger partial charge in [-0.1, -0.05) is 36.4 Å². The van der Waals surface area contributed by atoms with Crippen LogP contribution in [0.2, 0.25) is 0 Å². The second-order valence-electron chi connectivity index (χ2n) is 5.07. The van der Waals surface area contributed by atoms with Crippen LogP contribution < -0.4 is 0 Å². The third kappa shape index (κ3) is 2.43. The average Bonchev–Trinajstić information content (AvgIpc) is 2.50. The molecule has 0 spiro atoms. The van der Waals surface area contributed by atoms with Gasteiger partial charge in [-0.15, -0.1) is 0 Å². The van der Waals surface area contributed by atoms with Crippen molar-refractivity contribution in [1.82, 2.24) is 4.90 Å². The predicted molar refractivity (Wildman–Crippen MR) is 75.3 cm³/mol. The van der Waals surface area contributed by atoms with E-state index in [0.717, 1.165) is 25.1 Å². The van der Waals surface area contributed by atoms with Crippen molar-refractivity contribution in [3.05, 3.63) is 71.0 Å². The SMILES string of the molecule is N#CC(c1ccc(F)cc1)N1CCc2ccccc2C1. The van der Waals surface area contributed by atoms with Gasteiger partial charge in [-0.25, -0.2) is 4.39 Å². The average molecular weight is 266 g/mol. The van der Waals surface area contributed by atoms with E-state index in [-0.39, 0.29) is 11.9 Å². The number of nitrogens with zero attached hydrogens (tertiary/aromatic N) is 2. The highest BCUT2D eigenvalue weighted by Gasteiger charge is 2.24. The smallest absolute Gasteiger partial charge is 0.124 e. The van der Waals surface area contributed by atoms with E-state index >= 15 is 0 Å². The molecule has 0 radical (unpaired) electrons. The Morgan fingerprint density at radius 1 is 1.05 bits per heavy atom. The molecule has 20 heavy (non-hydrogen) atoms. The van der Waals surface area contributed by atoms with Crippen LogP contribution in [0.25, 0.3) is 0 Å². The Kier molecular flexibility index (Phi) is 3.49. The fraction of sp³-hybridized carbons (Fsp3) is 0.235. The van der Waals surface area contributed by atoms with Gasteiger partial charge in [-0.2, -0.15) is 5.26 Å². The molecular weight excluding hydrogens is 251 g/mol. The van der Waals surface area contributed by atoms with E-state index in [1.54, 1.807) is 12.1 Å². The van der Waals surface area contributed by atoms with Gasteiger partial charge in [0.05, 0.1) is 6.07 Å². The molecule has 0 amide bonds. The molecule has 1 aliphatic rings. The molecule has 3 rings (SSSR count). The Labute approximate surface area is 118 Å². The zero-order valence-corrected chi connectivity index (χ0v) is 11.1. The van der Waals surface area contributed by atoms with Gasteiger partial charge in [0.2, 0.25) is 0 Å². The maximum atomic E-state index is 13.0. The molecule has 0 saturated heterocycles. The molecule has 1 aliphatic heterocycles. The van der Waals surface area contributed by atoms with Crippen molar-refractivity contribution in [3.63, 3.8) is 0 Å². The Balaban J connectivity index is 1.85. The van der Waals surface area contributed by atoms with Gasteiger partial charge in [0.1, 0.15) is 11.9 Å². The van der Waals surface area contributed by atoms with E-state index in [1.807, 2.05) is 6.07 Å². The van der Waals surface area contributed by atoms with Gasteiger partial charge < -0.3 is 0 Å². The summed E-state index contributed by atoms with van der Waals surface area (Å²) in [5.41, 5.74) is 3.49. The lowest BCUT2D eigenvalue weighted by atomic mass is 9.97. The molecular formula is C17H15FN2. The maximum Gasteiger partial charge on any atom is 0.124 e. The highest BCUT2D eigenvalue weighted by Crippen LogP contribution is 2.27. The molecule has 1 heterocycles. The second-order valence-corrected chi connectivity index (χ2v) is 5.07. The maximum absolute atomic E-state index is 13.0. The van der Waals surface area contributed by atoms with Crippen LogP contribution in [0.4, 0.5) is 4.39 Å². The Bertz CT molecular complexity index is 643. The summed E-state index contributed by atoms with van der Waals surface area (Å²) >= 11 is 0. The van der Waals surface area contributed by atoms with Gasteiger partial charge >= 0.3 is 0 Å². The topological polar surface area (TPSA) is 27.0 Å². The first-order valence-corrected chi connectivity index (χ1v) is 6.74. The standard InChI is InChI=1S/C17H15FN2/c18-16-7-5-14(6-8-16)17(11-19)20-10-9-13-3-1-2-4-15(13)12-20/h1-8,17H,9-10,12H2. The Hall–Kier alpha value is -2.18. The van der Waals surface area contributed by atoms with Crippen LogP contribution in [0.3, 0.4) is 0 Å². The van der Waals surface area contributed by atoms with Gasteiger partial charge in [0, 0.05) is 13.1 Å². The fourth-order valence-corrected chi connectivity index (χ4v) is 2.75. The van der Waals surface area contributed by atoms with E-state index < -0.39 is 0 Å². The summed E-state index contributed by atoms with van der Waals surface area (Å²) in [6.45, 7) is 1.62. The molecule has 0 bridgehead atoms. The van der Waals surface area contributed by atoms with Crippen LogP contribution >= 0.6 is 0 Å². The second kappa shape index (κ2) is 5.44. The van der Waals surface area contributed by atoms with Crippen molar-refractivity contribution in [3.8, 4) is 6.07 Å². The summed E-state index contributed by atoms with van der Waals surface area (Å²) in [5.74, 6) is -0.269. The van der Waals surface area contributed by atoms with Gasteiger partial charge in [0.25, 0.3) is 0 Å². The van der Waals surface area contributed by atoms with Crippen molar-refractivity contribution in [1.29, 1.82) is 5.26 Å². The van der Waals surface area contributed by atoms with Crippen molar-refractivity contribution < 1.29 is 4.39 Å². The van der Waals surface area contributed by atoms with Crippen LogP contribution in [0.1, 0.15) is 22.7 Å². The number of rotatable bonds is 2. The van der Waals surface area contributed by atoms with E-state index in [0.29, 0.717) is 0 Å². The van der Waals surface area contributed by atoms with E-state index in [9.17, 15) is 9.65 Å². The first-order valence-electron chi connectivity index (χ1n) is 6.74. The van der Waals surface area contributed by atoms with Crippen molar-refractivity contribution in [2.45, 2.75) is 19.0 Å². The summed E-state index contributed by atoms with van der Waals surface area (Å²) in [6.07, 6.45) is 0.954. The number of hydrogen-bond donors (Lipinski definition) is 0. The van der Waals surface area contributed by atoms with Crippen LogP contribution in [0.15, 0.2) is 48.5 Å². The third-order valence-electron chi connectivity index (χ3n) is 3.83.